The van der Waals surface area contributed by atoms with E-state index in [1.807, 2.05) is 52.9 Å². The van der Waals surface area contributed by atoms with Crippen molar-refractivity contribution in [2.75, 3.05) is 25.1 Å². The minimum atomic E-state index is 0.527. The lowest BCUT2D eigenvalue weighted by Crippen LogP contribution is -2.19. The molecule has 2 N–H and O–H groups in total. The van der Waals surface area contributed by atoms with Crippen LogP contribution in [0.3, 0.4) is 0 Å². The van der Waals surface area contributed by atoms with E-state index in [-0.39, 0.29) is 0 Å². The number of aryl methyl sites for hydroxylation is 3. The van der Waals surface area contributed by atoms with Gasteiger partial charge < -0.3 is 19.5 Å². The number of H-pyrrole nitrogens is 1. The summed E-state index contributed by atoms with van der Waals surface area (Å²) in [6.45, 7) is 10.8. The molecule has 9 nitrogen and oxygen atoms in total. The Morgan fingerprint density at radius 3 is 2.72 bits per heavy atom. The van der Waals surface area contributed by atoms with E-state index in [1.165, 1.54) is 5.56 Å². The number of aromatic nitrogens is 5. The zero-order valence-electron chi connectivity index (χ0n) is 21.2. The number of rotatable bonds is 8. The summed E-state index contributed by atoms with van der Waals surface area (Å²) < 4.78 is 11.5. The van der Waals surface area contributed by atoms with Gasteiger partial charge in [0, 0.05) is 28.9 Å². The number of benzene rings is 1. The summed E-state index contributed by atoms with van der Waals surface area (Å²) in [5.41, 5.74) is 7.44. The molecular formula is C26H30ClN7O2. The topological polar surface area (TPSA) is 105 Å². The standard InChI is InChI=1S/C26H30ClN7O2/c1-14-24(23-16(3)33-36-17(23)4)29-25(19-11-18(7-8-21(19)27)35-10-6-9-28-5)30-26(14)34-12-20-15(2)31-32-22(20)13-34/h7-8,11,28H,6,9-10,12-13H2,1-5H3,(H,31,32). The molecule has 1 aromatic carbocycles. The summed E-state index contributed by atoms with van der Waals surface area (Å²) in [5, 5.41) is 15.4. The van der Waals surface area contributed by atoms with Gasteiger partial charge in [0.25, 0.3) is 0 Å². The average molecular weight is 508 g/mol. The van der Waals surface area contributed by atoms with Crippen LogP contribution in [0.15, 0.2) is 22.7 Å². The molecule has 3 aromatic heterocycles. The minimum Gasteiger partial charge on any atom is -0.494 e. The molecule has 1 aliphatic heterocycles. The van der Waals surface area contributed by atoms with Gasteiger partial charge in [-0.15, -0.1) is 0 Å². The van der Waals surface area contributed by atoms with E-state index in [1.54, 1.807) is 0 Å². The Balaban J connectivity index is 1.60. The van der Waals surface area contributed by atoms with Crippen LogP contribution in [0, 0.1) is 27.7 Å². The fraction of sp³-hybridized carbons (Fsp3) is 0.385. The summed E-state index contributed by atoms with van der Waals surface area (Å²) in [6, 6.07) is 5.61. The Bertz CT molecular complexity index is 1390. The highest BCUT2D eigenvalue weighted by atomic mass is 35.5. The lowest BCUT2D eigenvalue weighted by Gasteiger charge is -2.22. The van der Waals surface area contributed by atoms with Crippen molar-refractivity contribution in [1.82, 2.24) is 30.6 Å². The molecule has 1 aliphatic rings. The third-order valence-electron chi connectivity index (χ3n) is 6.56. The number of fused-ring (bicyclic) bond motifs is 1. The van der Waals surface area contributed by atoms with E-state index in [9.17, 15) is 0 Å². The first-order valence-electron chi connectivity index (χ1n) is 12.0. The molecule has 0 amide bonds. The number of ether oxygens (including phenoxy) is 1. The maximum absolute atomic E-state index is 6.68. The van der Waals surface area contributed by atoms with Gasteiger partial charge in [-0.3, -0.25) is 5.10 Å². The van der Waals surface area contributed by atoms with Gasteiger partial charge >= 0.3 is 0 Å². The quantitative estimate of drug-likeness (QED) is 0.324. The lowest BCUT2D eigenvalue weighted by atomic mass is 10.0. The first kappa shape index (κ1) is 24.3. The summed E-state index contributed by atoms with van der Waals surface area (Å²) in [7, 11) is 1.93. The lowest BCUT2D eigenvalue weighted by molar-refractivity contribution is 0.310. The van der Waals surface area contributed by atoms with Gasteiger partial charge in [-0.2, -0.15) is 5.10 Å². The van der Waals surface area contributed by atoms with Gasteiger partial charge in [0.2, 0.25) is 0 Å². The summed E-state index contributed by atoms with van der Waals surface area (Å²) in [4.78, 5) is 12.3. The van der Waals surface area contributed by atoms with Crippen molar-refractivity contribution in [3.8, 4) is 28.4 Å². The van der Waals surface area contributed by atoms with Gasteiger partial charge in [0.15, 0.2) is 5.82 Å². The van der Waals surface area contributed by atoms with Gasteiger partial charge in [0.1, 0.15) is 17.3 Å². The Labute approximate surface area is 215 Å². The second-order valence-electron chi connectivity index (χ2n) is 9.12. The minimum absolute atomic E-state index is 0.527. The van der Waals surface area contributed by atoms with Crippen LogP contribution < -0.4 is 15.0 Å². The molecule has 0 fully saturated rings. The van der Waals surface area contributed by atoms with E-state index < -0.39 is 0 Å². The molecule has 4 heterocycles. The van der Waals surface area contributed by atoms with Crippen molar-refractivity contribution in [2.45, 2.75) is 47.2 Å². The van der Waals surface area contributed by atoms with Crippen molar-refractivity contribution in [2.24, 2.45) is 0 Å². The molecule has 5 rings (SSSR count). The van der Waals surface area contributed by atoms with Crippen molar-refractivity contribution in [1.29, 1.82) is 0 Å². The highest BCUT2D eigenvalue weighted by molar-refractivity contribution is 6.33. The largest absolute Gasteiger partial charge is 0.494 e. The summed E-state index contributed by atoms with van der Waals surface area (Å²) in [6.07, 6.45) is 0.902. The van der Waals surface area contributed by atoms with Crippen LogP contribution in [0.2, 0.25) is 5.02 Å². The van der Waals surface area contributed by atoms with E-state index in [4.69, 9.17) is 30.8 Å². The molecule has 0 radical (unpaired) electrons. The molecule has 0 unspecified atom stereocenters. The summed E-state index contributed by atoms with van der Waals surface area (Å²) >= 11 is 6.68. The number of nitrogens with zero attached hydrogens (tertiary/aromatic N) is 5. The fourth-order valence-corrected chi connectivity index (χ4v) is 4.82. The predicted octanol–water partition coefficient (Wildman–Crippen LogP) is 4.92. The number of hydrogen-bond acceptors (Lipinski definition) is 8. The monoisotopic (exact) mass is 507 g/mol. The van der Waals surface area contributed by atoms with E-state index in [0.29, 0.717) is 35.3 Å². The SMILES string of the molecule is CNCCCOc1ccc(Cl)c(-c2nc(-c3c(C)noc3C)c(C)c(N3Cc4n[nH]c(C)c4C3)n2)c1. The zero-order chi connectivity index (χ0) is 25.4. The second kappa shape index (κ2) is 9.91. The van der Waals surface area contributed by atoms with Crippen molar-refractivity contribution in [3.05, 3.63) is 57.2 Å². The fourth-order valence-electron chi connectivity index (χ4n) is 4.62. The van der Waals surface area contributed by atoms with Crippen LogP contribution in [0.4, 0.5) is 5.82 Å². The number of aromatic amines is 1. The number of anilines is 1. The number of hydrogen-bond donors (Lipinski definition) is 2. The zero-order valence-corrected chi connectivity index (χ0v) is 22.0. The number of nitrogens with one attached hydrogen (secondary N) is 2. The first-order chi connectivity index (χ1) is 17.4. The Morgan fingerprint density at radius 2 is 2.00 bits per heavy atom. The molecule has 4 aromatic rings. The van der Waals surface area contributed by atoms with Crippen LogP contribution in [0.1, 0.15) is 40.4 Å². The second-order valence-corrected chi connectivity index (χ2v) is 9.53. The van der Waals surface area contributed by atoms with Crippen LogP contribution in [0.25, 0.3) is 22.6 Å². The highest BCUT2D eigenvalue weighted by Gasteiger charge is 2.29. The summed E-state index contributed by atoms with van der Waals surface area (Å²) in [5.74, 6) is 2.80. The molecule has 0 aliphatic carbocycles. The smallest absolute Gasteiger partial charge is 0.163 e. The normalized spacial score (nSPS) is 12.9. The van der Waals surface area contributed by atoms with Crippen LogP contribution in [-0.4, -0.2) is 45.5 Å². The van der Waals surface area contributed by atoms with Gasteiger partial charge in [-0.05, 0) is 65.9 Å². The Kier molecular flexibility index (Phi) is 6.68. The van der Waals surface area contributed by atoms with Crippen LogP contribution in [-0.2, 0) is 13.1 Å². The molecule has 0 saturated carbocycles. The van der Waals surface area contributed by atoms with Gasteiger partial charge in [-0.25, -0.2) is 9.97 Å². The molecule has 0 saturated heterocycles. The van der Waals surface area contributed by atoms with Gasteiger partial charge in [0.05, 0.1) is 40.8 Å². The molecule has 10 heteroatoms. The maximum atomic E-state index is 6.68. The van der Waals surface area contributed by atoms with Crippen molar-refractivity contribution >= 4 is 17.4 Å². The third-order valence-corrected chi connectivity index (χ3v) is 6.89. The average Bonchev–Trinajstić information content (AvgIpc) is 3.54. The predicted molar refractivity (Wildman–Crippen MR) is 139 cm³/mol. The molecular weight excluding hydrogens is 478 g/mol. The maximum Gasteiger partial charge on any atom is 0.163 e. The first-order valence-corrected chi connectivity index (χ1v) is 12.4. The highest BCUT2D eigenvalue weighted by Crippen LogP contribution is 2.39. The molecule has 0 atom stereocenters. The Hall–Kier alpha value is -3.43. The van der Waals surface area contributed by atoms with Crippen LogP contribution in [0.5, 0.6) is 5.75 Å². The number of halogens is 1. The van der Waals surface area contributed by atoms with Crippen molar-refractivity contribution < 1.29 is 9.26 Å². The van der Waals surface area contributed by atoms with Crippen LogP contribution >= 0.6 is 11.6 Å². The molecule has 0 spiro atoms. The van der Waals surface area contributed by atoms with Gasteiger partial charge in [-0.1, -0.05) is 16.8 Å². The van der Waals surface area contributed by atoms with Crippen molar-refractivity contribution in [3.63, 3.8) is 0 Å². The van der Waals surface area contributed by atoms with E-state index in [0.717, 1.165) is 65.0 Å². The molecule has 36 heavy (non-hydrogen) atoms. The van der Waals surface area contributed by atoms with E-state index in [2.05, 4.69) is 25.6 Å². The molecule has 188 valence electrons. The third kappa shape index (κ3) is 4.44. The Morgan fingerprint density at radius 1 is 1.17 bits per heavy atom. The molecule has 0 bridgehead atoms. The van der Waals surface area contributed by atoms with E-state index >= 15 is 0 Å².